The van der Waals surface area contributed by atoms with E-state index < -0.39 is 0 Å². The van der Waals surface area contributed by atoms with E-state index in [9.17, 15) is 0 Å². The Morgan fingerprint density at radius 3 is 2.62 bits per heavy atom. The largest absolute Gasteiger partial charge is 0.266 e. The van der Waals surface area contributed by atoms with E-state index in [-0.39, 0.29) is 0 Å². The lowest BCUT2D eigenvalue weighted by Crippen LogP contribution is -2.21. The van der Waals surface area contributed by atoms with E-state index in [1.54, 1.807) is 0 Å². The predicted octanol–water partition coefficient (Wildman–Crippen LogP) is 3.56. The van der Waals surface area contributed by atoms with Gasteiger partial charge in [0.05, 0.1) is 0 Å². The summed E-state index contributed by atoms with van der Waals surface area (Å²) in [6, 6.07) is 0. The Labute approximate surface area is 80.9 Å². The minimum Gasteiger partial charge on any atom is -0.266 e. The molecule has 1 nitrogen and oxygen atoms in total. The molecule has 0 spiro atoms. The van der Waals surface area contributed by atoms with Gasteiger partial charge in [-0.1, -0.05) is 25.8 Å². The van der Waals surface area contributed by atoms with E-state index in [1.807, 2.05) is 6.20 Å². The maximum Gasteiger partial charge on any atom is 0.0227 e. The molecule has 1 fully saturated rings. The Morgan fingerprint density at radius 2 is 2.00 bits per heavy atom. The van der Waals surface area contributed by atoms with Crippen molar-refractivity contribution in [1.82, 2.24) is 0 Å². The van der Waals surface area contributed by atoms with Gasteiger partial charge in [-0.3, -0.25) is 4.99 Å². The molecule has 0 bridgehead atoms. The zero-order valence-corrected chi connectivity index (χ0v) is 8.50. The second kappa shape index (κ2) is 4.08. The maximum atomic E-state index is 4.51. The van der Waals surface area contributed by atoms with Crippen LogP contribution in [0.15, 0.2) is 17.3 Å². The molecule has 0 aromatic carbocycles. The summed E-state index contributed by atoms with van der Waals surface area (Å²) in [4.78, 5) is 4.51. The third-order valence-electron chi connectivity index (χ3n) is 3.40. The molecule has 0 aromatic rings. The summed E-state index contributed by atoms with van der Waals surface area (Å²) >= 11 is 0. The first-order chi connectivity index (χ1) is 6.36. The quantitative estimate of drug-likeness (QED) is 0.580. The van der Waals surface area contributed by atoms with Crippen LogP contribution in [0, 0.1) is 11.8 Å². The lowest BCUT2D eigenvalue weighted by Gasteiger charge is -2.27. The number of rotatable bonds is 1. The Morgan fingerprint density at radius 1 is 1.23 bits per heavy atom. The summed E-state index contributed by atoms with van der Waals surface area (Å²) in [7, 11) is 0. The molecule has 72 valence electrons. The molecule has 2 rings (SSSR count). The molecule has 0 unspecified atom stereocenters. The average Bonchev–Trinajstić information content (AvgIpc) is 2.20. The summed E-state index contributed by atoms with van der Waals surface area (Å²) in [5.41, 5.74) is 1.48. The van der Waals surface area contributed by atoms with Gasteiger partial charge in [0.2, 0.25) is 0 Å². The van der Waals surface area contributed by atoms with Crippen LogP contribution in [0.4, 0.5) is 0 Å². The van der Waals surface area contributed by atoms with E-state index in [2.05, 4.69) is 18.0 Å². The molecule has 2 aliphatic rings. The van der Waals surface area contributed by atoms with Gasteiger partial charge < -0.3 is 0 Å². The van der Waals surface area contributed by atoms with Crippen molar-refractivity contribution < 1.29 is 0 Å². The molecule has 0 aromatic heterocycles. The molecule has 1 heteroatoms. The molecular formula is C12H19N. The molecule has 13 heavy (non-hydrogen) atoms. The summed E-state index contributed by atoms with van der Waals surface area (Å²) in [6.45, 7) is 2.37. The van der Waals surface area contributed by atoms with Crippen molar-refractivity contribution in [1.29, 1.82) is 0 Å². The minimum absolute atomic E-state index is 0.821. The van der Waals surface area contributed by atoms with E-state index in [0.717, 1.165) is 11.8 Å². The average molecular weight is 177 g/mol. The molecule has 0 atom stereocenters. The molecular weight excluding hydrogens is 158 g/mol. The van der Waals surface area contributed by atoms with Crippen LogP contribution in [0.3, 0.4) is 0 Å². The van der Waals surface area contributed by atoms with Crippen molar-refractivity contribution in [2.75, 3.05) is 0 Å². The van der Waals surface area contributed by atoms with Crippen LogP contribution < -0.4 is 0 Å². The molecule has 1 aliphatic carbocycles. The highest BCUT2D eigenvalue weighted by atomic mass is 14.7. The normalized spacial score (nSPS) is 34.4. The fraction of sp³-hybridized carbons (Fsp3) is 0.750. The molecule has 1 saturated carbocycles. The number of hydrogen-bond donors (Lipinski definition) is 0. The number of allylic oxidation sites excluding steroid dienone is 1. The summed E-state index contributed by atoms with van der Waals surface area (Å²) in [6.07, 6.45) is 12.2. The van der Waals surface area contributed by atoms with Gasteiger partial charge in [0.25, 0.3) is 0 Å². The van der Waals surface area contributed by atoms with Gasteiger partial charge in [0.1, 0.15) is 0 Å². The number of aliphatic imine (C=N–C) groups is 1. The van der Waals surface area contributed by atoms with Gasteiger partial charge in [0.15, 0.2) is 0 Å². The van der Waals surface area contributed by atoms with Crippen molar-refractivity contribution in [3.8, 4) is 0 Å². The highest BCUT2D eigenvalue weighted by molar-refractivity contribution is 5.88. The van der Waals surface area contributed by atoms with Gasteiger partial charge in [0, 0.05) is 11.9 Å². The van der Waals surface area contributed by atoms with Gasteiger partial charge in [-0.2, -0.15) is 0 Å². The second-order valence-electron chi connectivity index (χ2n) is 4.50. The number of hydrogen-bond acceptors (Lipinski definition) is 1. The van der Waals surface area contributed by atoms with Crippen molar-refractivity contribution in [3.05, 3.63) is 12.3 Å². The van der Waals surface area contributed by atoms with Crippen LogP contribution >= 0.6 is 0 Å². The van der Waals surface area contributed by atoms with E-state index >= 15 is 0 Å². The standard InChI is InChI=1S/C12H19N/c1-10-5-7-11(8-6-10)12-4-2-3-9-13-12/h3,9-11H,2,4-8H2,1H3. The van der Waals surface area contributed by atoms with Crippen LogP contribution in [0.1, 0.15) is 45.4 Å². The molecule has 0 N–H and O–H groups in total. The fourth-order valence-electron chi connectivity index (χ4n) is 2.42. The molecule has 0 radical (unpaired) electrons. The van der Waals surface area contributed by atoms with Gasteiger partial charge in [-0.15, -0.1) is 0 Å². The SMILES string of the molecule is CC1CCC(C2=NC=CCC2)CC1. The van der Waals surface area contributed by atoms with Crippen LogP contribution in [-0.2, 0) is 0 Å². The number of nitrogens with zero attached hydrogens (tertiary/aromatic N) is 1. The highest BCUT2D eigenvalue weighted by Crippen LogP contribution is 2.31. The summed E-state index contributed by atoms with van der Waals surface area (Å²) in [5.74, 6) is 1.78. The zero-order chi connectivity index (χ0) is 9.10. The summed E-state index contributed by atoms with van der Waals surface area (Å²) < 4.78 is 0. The zero-order valence-electron chi connectivity index (χ0n) is 8.50. The van der Waals surface area contributed by atoms with Crippen LogP contribution in [0.5, 0.6) is 0 Å². The minimum atomic E-state index is 0.821. The van der Waals surface area contributed by atoms with E-state index in [0.29, 0.717) is 0 Å². The fourth-order valence-corrected chi connectivity index (χ4v) is 2.42. The van der Waals surface area contributed by atoms with Gasteiger partial charge in [-0.25, -0.2) is 0 Å². The topological polar surface area (TPSA) is 12.4 Å². The first kappa shape index (κ1) is 8.98. The van der Waals surface area contributed by atoms with Gasteiger partial charge in [-0.05, 0) is 37.5 Å². The van der Waals surface area contributed by atoms with Crippen LogP contribution in [0.25, 0.3) is 0 Å². The highest BCUT2D eigenvalue weighted by Gasteiger charge is 2.22. The Bertz CT molecular complexity index is 219. The Hall–Kier alpha value is -0.590. The van der Waals surface area contributed by atoms with Crippen molar-refractivity contribution in [2.45, 2.75) is 45.4 Å². The van der Waals surface area contributed by atoms with Crippen molar-refractivity contribution in [3.63, 3.8) is 0 Å². The van der Waals surface area contributed by atoms with E-state index in [4.69, 9.17) is 0 Å². The molecule has 1 aliphatic heterocycles. The molecule has 0 saturated heterocycles. The van der Waals surface area contributed by atoms with Crippen LogP contribution in [-0.4, -0.2) is 5.71 Å². The van der Waals surface area contributed by atoms with Gasteiger partial charge >= 0.3 is 0 Å². The van der Waals surface area contributed by atoms with Crippen LogP contribution in [0.2, 0.25) is 0 Å². The smallest absolute Gasteiger partial charge is 0.0227 e. The molecule has 0 amide bonds. The third kappa shape index (κ3) is 2.20. The first-order valence-electron chi connectivity index (χ1n) is 5.58. The maximum absolute atomic E-state index is 4.51. The van der Waals surface area contributed by atoms with Crippen molar-refractivity contribution >= 4 is 5.71 Å². The third-order valence-corrected chi connectivity index (χ3v) is 3.40. The predicted molar refractivity (Wildman–Crippen MR) is 56.9 cm³/mol. The summed E-state index contributed by atoms with van der Waals surface area (Å²) in [5, 5.41) is 0. The monoisotopic (exact) mass is 177 g/mol. The second-order valence-corrected chi connectivity index (χ2v) is 4.50. The Kier molecular flexibility index (Phi) is 2.82. The van der Waals surface area contributed by atoms with E-state index in [1.165, 1.54) is 44.2 Å². The Balaban J connectivity index is 1.93. The first-order valence-corrected chi connectivity index (χ1v) is 5.58. The molecule has 1 heterocycles. The lowest BCUT2D eigenvalue weighted by atomic mass is 9.79. The van der Waals surface area contributed by atoms with Crippen molar-refractivity contribution in [2.24, 2.45) is 16.8 Å². The lowest BCUT2D eigenvalue weighted by molar-refractivity contribution is 0.341.